The van der Waals surface area contributed by atoms with E-state index in [2.05, 4.69) is 177 Å². The zero-order valence-corrected chi connectivity index (χ0v) is 32.4. The van der Waals surface area contributed by atoms with Gasteiger partial charge in [-0.1, -0.05) is 122 Å². The first-order valence-corrected chi connectivity index (χ1v) is 19.4. The molecule has 0 saturated heterocycles. The summed E-state index contributed by atoms with van der Waals surface area (Å²) in [5.41, 5.74) is 24.6. The van der Waals surface area contributed by atoms with E-state index < -0.39 is 0 Å². The fourth-order valence-corrected chi connectivity index (χ4v) is 9.65. The van der Waals surface area contributed by atoms with Gasteiger partial charge in [0.1, 0.15) is 0 Å². The Bertz CT molecular complexity index is 2700. The van der Waals surface area contributed by atoms with Crippen molar-refractivity contribution in [2.24, 2.45) is 11.8 Å². The van der Waals surface area contributed by atoms with Crippen LogP contribution in [0.2, 0.25) is 0 Å². The highest BCUT2D eigenvalue weighted by Gasteiger charge is 2.30. The van der Waals surface area contributed by atoms with Gasteiger partial charge in [-0.15, -0.1) is 0 Å². The zero-order chi connectivity index (χ0) is 36.7. The van der Waals surface area contributed by atoms with E-state index in [0.717, 1.165) is 6.42 Å². The minimum absolute atomic E-state index is 0.428. The second-order valence-corrected chi connectivity index (χ2v) is 15.9. The number of aryl methyl sites for hydroxylation is 2. The molecule has 260 valence electrons. The molecule has 0 bridgehead atoms. The third-order valence-electron chi connectivity index (χ3n) is 13.4. The fourth-order valence-electron chi connectivity index (χ4n) is 9.65. The third-order valence-corrected chi connectivity index (χ3v) is 13.4. The topological polar surface area (TPSA) is 0 Å². The molecule has 0 nitrogen and oxygen atoms in total. The van der Waals surface area contributed by atoms with Gasteiger partial charge in [0, 0.05) is 0 Å². The van der Waals surface area contributed by atoms with Gasteiger partial charge in [0.25, 0.3) is 0 Å². The zero-order valence-electron chi connectivity index (χ0n) is 32.4. The molecule has 2 aliphatic rings. The molecule has 0 aromatic heterocycles. The Hall–Kier alpha value is -5.46. The first kappa shape index (κ1) is 33.4. The van der Waals surface area contributed by atoms with Gasteiger partial charge in [-0.3, -0.25) is 0 Å². The second kappa shape index (κ2) is 12.6. The summed E-state index contributed by atoms with van der Waals surface area (Å²) in [6.07, 6.45) is 1.01. The first-order valence-electron chi connectivity index (χ1n) is 19.4. The first-order chi connectivity index (χ1) is 25.6. The van der Waals surface area contributed by atoms with E-state index in [1.807, 2.05) is 0 Å². The van der Waals surface area contributed by atoms with Crippen LogP contribution < -0.4 is 10.4 Å². The summed E-state index contributed by atoms with van der Waals surface area (Å²) >= 11 is 0. The molecule has 7 aromatic carbocycles. The number of hydrogen-bond donors (Lipinski definition) is 0. The predicted molar refractivity (Wildman–Crippen MR) is 229 cm³/mol. The maximum atomic E-state index is 2.52. The van der Waals surface area contributed by atoms with Crippen LogP contribution in [-0.2, 0) is 6.42 Å². The Morgan fingerprint density at radius 1 is 0.377 bits per heavy atom. The Balaban J connectivity index is 1.50. The number of fused-ring (bicyclic) bond motifs is 5. The SMILES string of the molecule is CC1=c2c(-c3cc(-c4ccccc4)cc(-c4ccccc4)c3)c3c(C)c(C)c(C)c(C)c3c(-c3ccc4c(c3)-c3ccccc3C4)c2=C(C)C(C)C1C. The quantitative estimate of drug-likeness (QED) is 0.173. The van der Waals surface area contributed by atoms with Crippen LogP contribution in [0.3, 0.4) is 0 Å². The van der Waals surface area contributed by atoms with Crippen LogP contribution in [0, 0.1) is 39.5 Å². The highest BCUT2D eigenvalue weighted by Crippen LogP contribution is 2.45. The van der Waals surface area contributed by atoms with E-state index in [-0.39, 0.29) is 0 Å². The van der Waals surface area contributed by atoms with Crippen molar-refractivity contribution in [1.29, 1.82) is 0 Å². The van der Waals surface area contributed by atoms with Gasteiger partial charge in [-0.25, -0.2) is 0 Å². The van der Waals surface area contributed by atoms with Crippen LogP contribution in [0.25, 0.3) is 77.6 Å². The van der Waals surface area contributed by atoms with Crippen molar-refractivity contribution in [2.75, 3.05) is 0 Å². The van der Waals surface area contributed by atoms with Crippen molar-refractivity contribution in [3.05, 3.63) is 165 Å². The van der Waals surface area contributed by atoms with E-state index >= 15 is 0 Å². The van der Waals surface area contributed by atoms with Crippen molar-refractivity contribution in [2.45, 2.75) is 61.8 Å². The van der Waals surface area contributed by atoms with E-state index in [1.54, 1.807) is 0 Å². The minimum atomic E-state index is 0.428. The molecule has 7 aromatic rings. The monoisotopic (exact) mass is 684 g/mol. The molecule has 53 heavy (non-hydrogen) atoms. The molecule has 0 heterocycles. The average molecular weight is 685 g/mol. The molecule has 0 aliphatic heterocycles. The maximum Gasteiger partial charge on any atom is -0.00134 e. The van der Waals surface area contributed by atoms with Gasteiger partial charge in [0.15, 0.2) is 0 Å². The minimum Gasteiger partial charge on any atom is -0.0622 e. The normalized spacial score (nSPS) is 16.2. The van der Waals surface area contributed by atoms with Crippen molar-refractivity contribution in [3.63, 3.8) is 0 Å². The van der Waals surface area contributed by atoms with Crippen molar-refractivity contribution < 1.29 is 0 Å². The molecule has 0 heteroatoms. The second-order valence-electron chi connectivity index (χ2n) is 15.9. The maximum absolute atomic E-state index is 2.52. The van der Waals surface area contributed by atoms with Gasteiger partial charge in [0.2, 0.25) is 0 Å². The lowest BCUT2D eigenvalue weighted by Gasteiger charge is -2.31. The molecule has 0 N–H and O–H groups in total. The molecule has 0 radical (unpaired) electrons. The largest absolute Gasteiger partial charge is 0.0622 e. The van der Waals surface area contributed by atoms with Crippen LogP contribution in [0.4, 0.5) is 0 Å². The molecular formula is C53H48. The Labute approximate surface area is 315 Å². The van der Waals surface area contributed by atoms with Crippen LogP contribution in [0.15, 0.2) is 121 Å². The number of hydrogen-bond acceptors (Lipinski definition) is 0. The predicted octanol–water partition coefficient (Wildman–Crippen LogP) is 12.9. The van der Waals surface area contributed by atoms with E-state index in [1.165, 1.54) is 121 Å². The lowest BCUT2D eigenvalue weighted by molar-refractivity contribution is 0.570. The summed E-state index contributed by atoms with van der Waals surface area (Å²) in [5, 5.41) is 5.69. The fraction of sp³-hybridized carbons (Fsp3) is 0.208. The molecular weight excluding hydrogens is 637 g/mol. The average Bonchev–Trinajstić information content (AvgIpc) is 3.58. The van der Waals surface area contributed by atoms with Gasteiger partial charge in [-0.2, -0.15) is 0 Å². The van der Waals surface area contributed by atoms with Gasteiger partial charge in [-0.05, 0) is 194 Å². The lowest BCUT2D eigenvalue weighted by Crippen LogP contribution is -2.40. The summed E-state index contributed by atoms with van der Waals surface area (Å²) in [7, 11) is 0. The van der Waals surface area contributed by atoms with E-state index in [9.17, 15) is 0 Å². The van der Waals surface area contributed by atoms with E-state index in [4.69, 9.17) is 0 Å². The standard InChI is InChI=1S/C53H48/c1-30-32(3)36(7)50-48(34(30)5)52(42-24-23-41-25-40-21-15-16-22-46(40)47(41)29-42)49-35(6)31(2)33(4)37(8)51(49)53(50)45-27-43(38-17-11-9-12-18-38)26-44(28-45)39-19-13-10-14-20-39/h9-24,26-30,32H,25H2,1-8H3. The molecule has 2 aliphatic carbocycles. The molecule has 0 amide bonds. The van der Waals surface area contributed by atoms with Crippen LogP contribution in [0.1, 0.15) is 61.1 Å². The summed E-state index contributed by atoms with van der Waals surface area (Å²) in [4.78, 5) is 0. The summed E-state index contributed by atoms with van der Waals surface area (Å²) in [5.74, 6) is 0.863. The number of benzene rings is 7. The van der Waals surface area contributed by atoms with Crippen LogP contribution in [-0.4, -0.2) is 0 Å². The van der Waals surface area contributed by atoms with Crippen LogP contribution in [0.5, 0.6) is 0 Å². The number of rotatable bonds is 4. The molecule has 0 fully saturated rings. The lowest BCUT2D eigenvalue weighted by atomic mass is 9.72. The van der Waals surface area contributed by atoms with Gasteiger partial charge < -0.3 is 0 Å². The molecule has 0 spiro atoms. The molecule has 2 unspecified atom stereocenters. The summed E-state index contributed by atoms with van der Waals surface area (Å²) in [6.45, 7) is 19.2. The Morgan fingerprint density at radius 2 is 0.830 bits per heavy atom. The molecule has 9 rings (SSSR count). The highest BCUT2D eigenvalue weighted by molar-refractivity contribution is 6.11. The summed E-state index contributed by atoms with van der Waals surface area (Å²) < 4.78 is 0. The van der Waals surface area contributed by atoms with Crippen molar-refractivity contribution in [3.8, 4) is 55.6 Å². The van der Waals surface area contributed by atoms with Gasteiger partial charge in [0.05, 0.1) is 0 Å². The van der Waals surface area contributed by atoms with Crippen molar-refractivity contribution in [1.82, 2.24) is 0 Å². The summed E-state index contributed by atoms with van der Waals surface area (Å²) in [6, 6.07) is 45.5. The van der Waals surface area contributed by atoms with Crippen molar-refractivity contribution >= 4 is 21.9 Å². The van der Waals surface area contributed by atoms with Crippen LogP contribution >= 0.6 is 0 Å². The Morgan fingerprint density at radius 3 is 1.38 bits per heavy atom. The highest BCUT2D eigenvalue weighted by atomic mass is 14.3. The van der Waals surface area contributed by atoms with Gasteiger partial charge >= 0.3 is 0 Å². The Kier molecular flexibility index (Phi) is 7.93. The third kappa shape index (κ3) is 5.10. The molecule has 0 saturated carbocycles. The molecule has 2 atom stereocenters. The van der Waals surface area contributed by atoms with E-state index in [0.29, 0.717) is 11.8 Å². The smallest absolute Gasteiger partial charge is 0.00134 e.